The summed E-state index contributed by atoms with van der Waals surface area (Å²) in [5.74, 6) is 5.53. The van der Waals surface area contributed by atoms with E-state index in [0.29, 0.717) is 28.7 Å². The van der Waals surface area contributed by atoms with Gasteiger partial charge < -0.3 is 11.1 Å². The first kappa shape index (κ1) is 12.9. The molecule has 0 unspecified atom stereocenters. The van der Waals surface area contributed by atoms with Crippen LogP contribution >= 0.6 is 11.6 Å². The topological polar surface area (TPSA) is 55.1 Å². The molecule has 94 valence electrons. The number of carbonyl (C=O) groups excluding carboxylic acids is 1. The number of benzene rings is 1. The summed E-state index contributed by atoms with van der Waals surface area (Å²) < 4.78 is 0. The summed E-state index contributed by atoms with van der Waals surface area (Å²) in [7, 11) is 0. The molecular weight excluding hydrogens is 248 g/mol. The first-order valence-corrected chi connectivity index (χ1v) is 6.38. The van der Waals surface area contributed by atoms with Crippen LogP contribution in [0.1, 0.15) is 35.2 Å². The molecule has 2 rings (SSSR count). The van der Waals surface area contributed by atoms with Crippen LogP contribution < -0.4 is 11.1 Å². The molecule has 1 aromatic carbocycles. The average molecular weight is 263 g/mol. The van der Waals surface area contributed by atoms with Crippen LogP contribution in [-0.4, -0.2) is 18.5 Å². The van der Waals surface area contributed by atoms with Crippen LogP contribution in [0.15, 0.2) is 18.2 Å². The fraction of sp³-hybridized carbons (Fsp3) is 0.357. The van der Waals surface area contributed by atoms with Crippen molar-refractivity contribution in [2.45, 2.75) is 25.3 Å². The van der Waals surface area contributed by atoms with Gasteiger partial charge in [0.25, 0.3) is 5.91 Å². The van der Waals surface area contributed by atoms with Crippen LogP contribution in [0.4, 0.5) is 0 Å². The Morgan fingerprint density at radius 3 is 2.83 bits per heavy atom. The smallest absolute Gasteiger partial charge is 0.251 e. The van der Waals surface area contributed by atoms with Gasteiger partial charge in [0.2, 0.25) is 0 Å². The Morgan fingerprint density at radius 1 is 1.50 bits per heavy atom. The molecule has 0 aliphatic heterocycles. The standard InChI is InChI=1S/C14H15ClN2O/c15-13-9-11(7-6-10(13)3-2-8-16)14(18)17-12-4-1-5-12/h6-7,9,12H,1,4-5,8,16H2,(H,17,18). The van der Waals surface area contributed by atoms with Gasteiger partial charge in [-0.05, 0) is 37.5 Å². The summed E-state index contributed by atoms with van der Waals surface area (Å²) in [6, 6.07) is 5.46. The van der Waals surface area contributed by atoms with Crippen molar-refractivity contribution in [2.75, 3.05) is 6.54 Å². The van der Waals surface area contributed by atoms with E-state index in [2.05, 4.69) is 17.2 Å². The lowest BCUT2D eigenvalue weighted by molar-refractivity contribution is 0.0917. The molecule has 0 saturated heterocycles. The highest BCUT2D eigenvalue weighted by molar-refractivity contribution is 6.32. The lowest BCUT2D eigenvalue weighted by Gasteiger charge is -2.26. The molecule has 1 aromatic rings. The molecule has 0 radical (unpaired) electrons. The van der Waals surface area contributed by atoms with Gasteiger partial charge in [0, 0.05) is 17.2 Å². The van der Waals surface area contributed by atoms with Crippen molar-refractivity contribution < 1.29 is 4.79 Å². The number of nitrogens with one attached hydrogen (secondary N) is 1. The Kier molecular flexibility index (Phi) is 4.24. The summed E-state index contributed by atoms with van der Waals surface area (Å²) in [6.45, 7) is 0.292. The van der Waals surface area contributed by atoms with Crippen molar-refractivity contribution in [3.8, 4) is 11.8 Å². The van der Waals surface area contributed by atoms with Crippen LogP contribution in [0.2, 0.25) is 5.02 Å². The highest BCUT2D eigenvalue weighted by Crippen LogP contribution is 2.20. The molecule has 0 heterocycles. The predicted molar refractivity (Wildman–Crippen MR) is 72.5 cm³/mol. The summed E-state index contributed by atoms with van der Waals surface area (Å²) in [5.41, 5.74) is 6.57. The van der Waals surface area contributed by atoms with Crippen LogP contribution in [0.25, 0.3) is 0 Å². The summed E-state index contributed by atoms with van der Waals surface area (Å²) in [5, 5.41) is 3.45. The van der Waals surface area contributed by atoms with Crippen molar-refractivity contribution in [3.63, 3.8) is 0 Å². The second-order valence-electron chi connectivity index (χ2n) is 4.30. The van der Waals surface area contributed by atoms with Crippen molar-refractivity contribution >= 4 is 17.5 Å². The van der Waals surface area contributed by atoms with Gasteiger partial charge in [-0.3, -0.25) is 4.79 Å². The summed E-state index contributed by atoms with van der Waals surface area (Å²) >= 11 is 6.07. The van der Waals surface area contributed by atoms with Crippen LogP contribution in [0.5, 0.6) is 0 Å². The number of carbonyl (C=O) groups is 1. The van der Waals surface area contributed by atoms with Crippen LogP contribution in [0.3, 0.4) is 0 Å². The number of hydrogen-bond donors (Lipinski definition) is 2. The van der Waals surface area contributed by atoms with E-state index >= 15 is 0 Å². The SMILES string of the molecule is NCC#Cc1ccc(C(=O)NC2CCC2)cc1Cl. The molecule has 1 saturated carbocycles. The van der Waals surface area contributed by atoms with Crippen molar-refractivity contribution in [3.05, 3.63) is 34.3 Å². The van der Waals surface area contributed by atoms with Gasteiger partial charge in [0.15, 0.2) is 0 Å². The summed E-state index contributed by atoms with van der Waals surface area (Å²) in [4.78, 5) is 11.9. The third-order valence-corrected chi connectivity index (χ3v) is 3.31. The number of rotatable bonds is 2. The Morgan fingerprint density at radius 2 is 2.28 bits per heavy atom. The Balaban J connectivity index is 2.09. The van der Waals surface area contributed by atoms with E-state index < -0.39 is 0 Å². The molecule has 18 heavy (non-hydrogen) atoms. The highest BCUT2D eigenvalue weighted by Gasteiger charge is 2.20. The van der Waals surface area contributed by atoms with Gasteiger partial charge in [0.05, 0.1) is 11.6 Å². The zero-order valence-electron chi connectivity index (χ0n) is 10.0. The molecule has 0 atom stereocenters. The zero-order chi connectivity index (χ0) is 13.0. The Hall–Kier alpha value is -1.50. The van der Waals surface area contributed by atoms with Gasteiger partial charge in [-0.15, -0.1) is 0 Å². The first-order valence-electron chi connectivity index (χ1n) is 6.00. The number of hydrogen-bond acceptors (Lipinski definition) is 2. The van der Waals surface area contributed by atoms with E-state index in [0.717, 1.165) is 12.8 Å². The van der Waals surface area contributed by atoms with Gasteiger partial charge in [-0.25, -0.2) is 0 Å². The van der Waals surface area contributed by atoms with Gasteiger partial charge in [-0.1, -0.05) is 23.4 Å². The molecular formula is C14H15ClN2O. The molecule has 0 bridgehead atoms. The fourth-order valence-electron chi connectivity index (χ4n) is 1.73. The van der Waals surface area contributed by atoms with E-state index in [1.807, 2.05) is 0 Å². The third-order valence-electron chi connectivity index (χ3n) is 3.00. The molecule has 1 amide bonds. The largest absolute Gasteiger partial charge is 0.349 e. The lowest BCUT2D eigenvalue weighted by atomic mass is 9.93. The van der Waals surface area contributed by atoms with Crippen LogP contribution in [0, 0.1) is 11.8 Å². The Labute approximate surface area is 112 Å². The van der Waals surface area contributed by atoms with E-state index in [9.17, 15) is 4.79 Å². The first-order chi connectivity index (χ1) is 8.70. The number of halogens is 1. The quantitative estimate of drug-likeness (QED) is 0.801. The van der Waals surface area contributed by atoms with E-state index in [-0.39, 0.29) is 5.91 Å². The van der Waals surface area contributed by atoms with E-state index in [1.165, 1.54) is 6.42 Å². The minimum Gasteiger partial charge on any atom is -0.349 e. The summed E-state index contributed by atoms with van der Waals surface area (Å²) in [6.07, 6.45) is 3.33. The number of nitrogens with two attached hydrogens (primary N) is 1. The maximum atomic E-state index is 11.9. The molecule has 1 fully saturated rings. The molecule has 1 aliphatic carbocycles. The molecule has 3 N–H and O–H groups in total. The predicted octanol–water partition coefficient (Wildman–Crippen LogP) is 1.93. The Bertz CT molecular complexity index is 512. The second kappa shape index (κ2) is 5.90. The normalized spacial score (nSPS) is 14.3. The second-order valence-corrected chi connectivity index (χ2v) is 4.71. The van der Waals surface area contributed by atoms with Gasteiger partial charge in [-0.2, -0.15) is 0 Å². The van der Waals surface area contributed by atoms with Crippen molar-refractivity contribution in [1.82, 2.24) is 5.32 Å². The van der Waals surface area contributed by atoms with Gasteiger partial charge >= 0.3 is 0 Å². The molecule has 0 spiro atoms. The molecule has 3 nitrogen and oxygen atoms in total. The molecule has 4 heteroatoms. The fourth-order valence-corrected chi connectivity index (χ4v) is 1.95. The maximum absolute atomic E-state index is 11.9. The highest BCUT2D eigenvalue weighted by atomic mass is 35.5. The minimum atomic E-state index is -0.0695. The maximum Gasteiger partial charge on any atom is 0.251 e. The number of amides is 1. The monoisotopic (exact) mass is 262 g/mol. The van der Waals surface area contributed by atoms with Crippen LogP contribution in [-0.2, 0) is 0 Å². The molecule has 1 aliphatic rings. The minimum absolute atomic E-state index is 0.0695. The average Bonchev–Trinajstić information content (AvgIpc) is 2.32. The van der Waals surface area contributed by atoms with Crippen molar-refractivity contribution in [2.24, 2.45) is 5.73 Å². The van der Waals surface area contributed by atoms with Gasteiger partial charge in [0.1, 0.15) is 0 Å². The zero-order valence-corrected chi connectivity index (χ0v) is 10.8. The van der Waals surface area contributed by atoms with Crippen molar-refractivity contribution in [1.29, 1.82) is 0 Å². The molecule has 0 aromatic heterocycles. The lowest BCUT2D eigenvalue weighted by Crippen LogP contribution is -2.39. The third kappa shape index (κ3) is 3.04. The van der Waals surface area contributed by atoms with E-state index in [1.54, 1.807) is 18.2 Å². The van der Waals surface area contributed by atoms with E-state index in [4.69, 9.17) is 17.3 Å².